The van der Waals surface area contributed by atoms with E-state index in [-0.39, 0.29) is 11.3 Å². The van der Waals surface area contributed by atoms with Gasteiger partial charge in [-0.2, -0.15) is 0 Å². The number of ether oxygens (including phenoxy) is 1. The predicted molar refractivity (Wildman–Crippen MR) is 72.7 cm³/mol. The molecule has 0 saturated carbocycles. The molecular weight excluding hydrogens is 234 g/mol. The molecule has 17 heavy (non-hydrogen) atoms. The molecule has 0 aromatic heterocycles. The molecule has 0 aliphatic carbocycles. The summed E-state index contributed by atoms with van der Waals surface area (Å²) in [6, 6.07) is 7.43. The van der Waals surface area contributed by atoms with E-state index in [1.807, 2.05) is 38.1 Å². The molecule has 0 amide bonds. The van der Waals surface area contributed by atoms with Crippen molar-refractivity contribution in [1.82, 2.24) is 0 Å². The van der Waals surface area contributed by atoms with Crippen LogP contribution in [0.1, 0.15) is 31.9 Å². The molecule has 0 spiro atoms. The van der Waals surface area contributed by atoms with E-state index in [0.29, 0.717) is 5.75 Å². The highest BCUT2D eigenvalue weighted by Gasteiger charge is 2.15. The molecule has 0 aliphatic rings. The molecule has 1 aromatic carbocycles. The molecule has 96 valence electrons. The lowest BCUT2D eigenvalue weighted by molar-refractivity contribution is 0.414. The summed E-state index contributed by atoms with van der Waals surface area (Å²) >= 11 is 0. The summed E-state index contributed by atoms with van der Waals surface area (Å²) in [6.45, 7) is 4.04. The van der Waals surface area contributed by atoms with Gasteiger partial charge in [-0.05, 0) is 24.1 Å². The van der Waals surface area contributed by atoms with Crippen molar-refractivity contribution in [1.29, 1.82) is 0 Å². The van der Waals surface area contributed by atoms with Crippen molar-refractivity contribution in [2.45, 2.75) is 31.6 Å². The zero-order valence-electron chi connectivity index (χ0n) is 10.7. The third-order valence-electron chi connectivity index (χ3n) is 2.89. The topological polar surface area (TPSA) is 52.3 Å². The molecule has 0 fully saturated rings. The van der Waals surface area contributed by atoms with Gasteiger partial charge in [-0.3, -0.25) is 4.21 Å². The quantitative estimate of drug-likeness (QED) is 0.848. The third-order valence-corrected chi connectivity index (χ3v) is 4.81. The van der Waals surface area contributed by atoms with Gasteiger partial charge in [0.2, 0.25) is 0 Å². The number of rotatable bonds is 6. The van der Waals surface area contributed by atoms with Gasteiger partial charge < -0.3 is 10.5 Å². The van der Waals surface area contributed by atoms with Crippen molar-refractivity contribution in [3.05, 3.63) is 29.8 Å². The lowest BCUT2D eigenvalue weighted by Gasteiger charge is -2.15. The fraction of sp³-hybridized carbons (Fsp3) is 0.538. The van der Waals surface area contributed by atoms with Gasteiger partial charge >= 0.3 is 0 Å². The molecule has 0 aliphatic heterocycles. The number of hydrogen-bond donors (Lipinski definition) is 1. The fourth-order valence-electron chi connectivity index (χ4n) is 1.50. The smallest absolute Gasteiger partial charge is 0.119 e. The predicted octanol–water partition coefficient (Wildman–Crippen LogP) is 2.24. The highest BCUT2D eigenvalue weighted by Crippen LogP contribution is 2.19. The molecule has 1 rings (SSSR count). The average Bonchev–Trinajstić information content (AvgIpc) is 2.37. The maximum Gasteiger partial charge on any atom is 0.119 e. The fourth-order valence-corrected chi connectivity index (χ4v) is 2.74. The Morgan fingerprint density at radius 3 is 2.76 bits per heavy atom. The average molecular weight is 255 g/mol. The minimum atomic E-state index is -0.870. The van der Waals surface area contributed by atoms with E-state index >= 15 is 0 Å². The summed E-state index contributed by atoms with van der Waals surface area (Å²) in [6.07, 6.45) is 0.914. The van der Waals surface area contributed by atoms with Crippen LogP contribution in [0.3, 0.4) is 0 Å². The second-order valence-electron chi connectivity index (χ2n) is 4.15. The molecule has 3 unspecified atom stereocenters. The van der Waals surface area contributed by atoms with Crippen LogP contribution in [0.15, 0.2) is 24.3 Å². The molecule has 4 heteroatoms. The number of nitrogens with two attached hydrogens (primary N) is 1. The Kier molecular flexibility index (Phi) is 5.65. The number of hydrogen-bond acceptors (Lipinski definition) is 3. The highest BCUT2D eigenvalue weighted by molar-refractivity contribution is 7.85. The maximum absolute atomic E-state index is 11.9. The molecule has 3 atom stereocenters. The van der Waals surface area contributed by atoms with Gasteiger partial charge in [-0.15, -0.1) is 0 Å². The second-order valence-corrected chi connectivity index (χ2v) is 6.05. The van der Waals surface area contributed by atoms with Crippen molar-refractivity contribution < 1.29 is 8.95 Å². The first-order valence-corrected chi connectivity index (χ1v) is 7.23. The standard InChI is InChI=1S/C13H21NO2S/c1-4-10(2)17(15)9-13(14)11-6-5-7-12(8-11)16-3/h5-8,10,13H,4,9,14H2,1-3H3. The zero-order valence-corrected chi connectivity index (χ0v) is 11.5. The SMILES string of the molecule is CCC(C)S(=O)CC(N)c1cccc(OC)c1. The van der Waals surface area contributed by atoms with Crippen molar-refractivity contribution in [3.63, 3.8) is 0 Å². The molecule has 0 radical (unpaired) electrons. The van der Waals surface area contributed by atoms with Crippen molar-refractivity contribution in [2.24, 2.45) is 5.73 Å². The van der Waals surface area contributed by atoms with Crippen LogP contribution in [0.5, 0.6) is 5.75 Å². The van der Waals surface area contributed by atoms with E-state index in [1.165, 1.54) is 0 Å². The third kappa shape index (κ3) is 4.13. The summed E-state index contributed by atoms with van der Waals surface area (Å²) < 4.78 is 17.1. The molecule has 0 saturated heterocycles. The first-order valence-electron chi connectivity index (χ1n) is 5.85. The van der Waals surface area contributed by atoms with Crippen molar-refractivity contribution in [3.8, 4) is 5.75 Å². The number of methoxy groups -OCH3 is 1. The molecule has 0 heterocycles. The van der Waals surface area contributed by atoms with Crippen LogP contribution >= 0.6 is 0 Å². The van der Waals surface area contributed by atoms with E-state index in [2.05, 4.69) is 0 Å². The summed E-state index contributed by atoms with van der Waals surface area (Å²) in [5, 5.41) is 0.201. The van der Waals surface area contributed by atoms with Crippen molar-refractivity contribution in [2.75, 3.05) is 12.9 Å². The van der Waals surface area contributed by atoms with Gasteiger partial charge in [-0.25, -0.2) is 0 Å². The lowest BCUT2D eigenvalue weighted by Crippen LogP contribution is -2.23. The molecular formula is C13H21NO2S. The summed E-state index contributed by atoms with van der Waals surface area (Å²) in [7, 11) is 0.757. The van der Waals surface area contributed by atoms with Crippen LogP contribution in [0.2, 0.25) is 0 Å². The van der Waals surface area contributed by atoms with E-state index in [9.17, 15) is 4.21 Å². The Bertz CT molecular complexity index is 381. The van der Waals surface area contributed by atoms with Gasteiger partial charge in [0.05, 0.1) is 7.11 Å². The summed E-state index contributed by atoms with van der Waals surface area (Å²) in [4.78, 5) is 0. The summed E-state index contributed by atoms with van der Waals surface area (Å²) in [5.74, 6) is 1.29. The monoisotopic (exact) mass is 255 g/mol. The lowest BCUT2D eigenvalue weighted by atomic mass is 10.1. The van der Waals surface area contributed by atoms with E-state index < -0.39 is 10.8 Å². The Hall–Kier alpha value is -0.870. The maximum atomic E-state index is 11.9. The molecule has 1 aromatic rings. The van der Waals surface area contributed by atoms with Gasteiger partial charge in [0.25, 0.3) is 0 Å². The van der Waals surface area contributed by atoms with Crippen LogP contribution in [-0.4, -0.2) is 22.3 Å². The Labute approximate surface area is 106 Å². The van der Waals surface area contributed by atoms with Crippen LogP contribution in [0.4, 0.5) is 0 Å². The minimum absolute atomic E-state index is 0.195. The van der Waals surface area contributed by atoms with Gasteiger partial charge in [0, 0.05) is 27.8 Å². The van der Waals surface area contributed by atoms with E-state index in [0.717, 1.165) is 17.7 Å². The summed E-state index contributed by atoms with van der Waals surface area (Å²) in [5.41, 5.74) is 7.04. The Balaban J connectivity index is 2.69. The van der Waals surface area contributed by atoms with Gasteiger partial charge in [0.1, 0.15) is 5.75 Å². The number of benzene rings is 1. The first-order chi connectivity index (χ1) is 8.08. The van der Waals surface area contributed by atoms with Gasteiger partial charge in [-0.1, -0.05) is 26.0 Å². The molecule has 3 nitrogen and oxygen atoms in total. The highest BCUT2D eigenvalue weighted by atomic mass is 32.2. The Morgan fingerprint density at radius 2 is 2.18 bits per heavy atom. The van der Waals surface area contributed by atoms with Crippen LogP contribution in [0, 0.1) is 0 Å². The van der Waals surface area contributed by atoms with Crippen molar-refractivity contribution >= 4 is 10.8 Å². The van der Waals surface area contributed by atoms with E-state index in [4.69, 9.17) is 10.5 Å². The minimum Gasteiger partial charge on any atom is -0.497 e. The zero-order chi connectivity index (χ0) is 12.8. The van der Waals surface area contributed by atoms with Gasteiger partial charge in [0.15, 0.2) is 0 Å². The van der Waals surface area contributed by atoms with Crippen LogP contribution in [-0.2, 0) is 10.8 Å². The Morgan fingerprint density at radius 1 is 1.47 bits per heavy atom. The normalized spacial score (nSPS) is 16.2. The molecule has 2 N–H and O–H groups in total. The molecule has 0 bridgehead atoms. The first kappa shape index (κ1) is 14.2. The van der Waals surface area contributed by atoms with Crippen LogP contribution < -0.4 is 10.5 Å². The second kappa shape index (κ2) is 6.77. The largest absolute Gasteiger partial charge is 0.497 e. The van der Waals surface area contributed by atoms with E-state index in [1.54, 1.807) is 7.11 Å². The van der Waals surface area contributed by atoms with Crippen LogP contribution in [0.25, 0.3) is 0 Å².